The zero-order valence-corrected chi connectivity index (χ0v) is 11.7. The average molecular weight is 276 g/mol. The van der Waals surface area contributed by atoms with E-state index >= 15 is 0 Å². The van der Waals surface area contributed by atoms with E-state index in [1.165, 1.54) is 6.07 Å². The lowest BCUT2D eigenvalue weighted by Crippen LogP contribution is -2.30. The minimum absolute atomic E-state index is 0.103. The molecule has 1 aromatic rings. The fourth-order valence-corrected chi connectivity index (χ4v) is 2.93. The number of hydrogen-bond donors (Lipinski definition) is 2. The first-order valence-electron chi connectivity index (χ1n) is 5.68. The molecule has 1 aromatic heterocycles. The van der Waals surface area contributed by atoms with Gasteiger partial charge in [-0.25, -0.2) is 13.1 Å². The molecule has 6 nitrogen and oxygen atoms in total. The van der Waals surface area contributed by atoms with Crippen molar-refractivity contribution in [3.63, 3.8) is 0 Å². The summed E-state index contributed by atoms with van der Waals surface area (Å²) in [5.41, 5.74) is 5.41. The van der Waals surface area contributed by atoms with Crippen LogP contribution in [0.15, 0.2) is 15.4 Å². The first-order chi connectivity index (χ1) is 8.40. The maximum atomic E-state index is 12.0. The Balaban J connectivity index is 2.76. The minimum Gasteiger partial charge on any atom is -0.464 e. The summed E-state index contributed by atoms with van der Waals surface area (Å²) in [6, 6.07) is 1.46. The molecule has 0 saturated heterocycles. The van der Waals surface area contributed by atoms with Crippen molar-refractivity contribution in [3.05, 3.63) is 17.6 Å². The molecule has 1 atom stereocenters. The van der Waals surface area contributed by atoms with Gasteiger partial charge in [-0.2, -0.15) is 0 Å². The second-order valence-corrected chi connectivity index (χ2v) is 5.99. The number of aryl methyl sites for hydroxylation is 1. The molecule has 0 aliphatic rings. The van der Waals surface area contributed by atoms with Crippen molar-refractivity contribution in [3.8, 4) is 0 Å². The van der Waals surface area contributed by atoms with E-state index < -0.39 is 10.0 Å². The molecule has 1 heterocycles. The van der Waals surface area contributed by atoms with E-state index in [2.05, 4.69) is 4.72 Å². The van der Waals surface area contributed by atoms with Crippen LogP contribution >= 0.6 is 0 Å². The van der Waals surface area contributed by atoms with Crippen LogP contribution in [0.1, 0.15) is 18.4 Å². The van der Waals surface area contributed by atoms with Crippen molar-refractivity contribution < 1.29 is 17.6 Å². The standard InChI is InChI=1S/C11H20N2O4S/c1-8(7-16-3)6-13-18(14,15)11-4-10(5-12)17-9(11)2/h4,8,13H,5-7,12H2,1-3H3. The van der Waals surface area contributed by atoms with Crippen LogP contribution in [0.3, 0.4) is 0 Å². The first-order valence-corrected chi connectivity index (χ1v) is 7.17. The number of nitrogens with one attached hydrogen (secondary N) is 1. The van der Waals surface area contributed by atoms with Gasteiger partial charge in [-0.1, -0.05) is 6.92 Å². The number of sulfonamides is 1. The van der Waals surface area contributed by atoms with Gasteiger partial charge in [0.25, 0.3) is 0 Å². The lowest BCUT2D eigenvalue weighted by atomic mass is 10.2. The summed E-state index contributed by atoms with van der Waals surface area (Å²) in [6.07, 6.45) is 0. The number of nitrogens with two attached hydrogens (primary N) is 1. The van der Waals surface area contributed by atoms with Crippen LogP contribution in [-0.4, -0.2) is 28.7 Å². The summed E-state index contributed by atoms with van der Waals surface area (Å²) in [7, 11) is -1.97. The summed E-state index contributed by atoms with van der Waals surface area (Å²) >= 11 is 0. The van der Waals surface area contributed by atoms with Gasteiger partial charge in [0.15, 0.2) is 0 Å². The summed E-state index contributed by atoms with van der Waals surface area (Å²) in [4.78, 5) is 0.146. The van der Waals surface area contributed by atoms with Gasteiger partial charge >= 0.3 is 0 Å². The van der Waals surface area contributed by atoms with E-state index in [4.69, 9.17) is 14.9 Å². The van der Waals surface area contributed by atoms with E-state index in [1.807, 2.05) is 6.92 Å². The lowest BCUT2D eigenvalue weighted by molar-refractivity contribution is 0.161. The van der Waals surface area contributed by atoms with Crippen LogP contribution < -0.4 is 10.5 Å². The Morgan fingerprint density at radius 3 is 2.72 bits per heavy atom. The first kappa shape index (κ1) is 15.2. The normalized spacial score (nSPS) is 13.8. The SMILES string of the molecule is COCC(C)CNS(=O)(=O)c1cc(CN)oc1C. The van der Waals surface area contributed by atoms with Crippen LogP contribution in [0, 0.1) is 12.8 Å². The van der Waals surface area contributed by atoms with Gasteiger partial charge < -0.3 is 14.9 Å². The lowest BCUT2D eigenvalue weighted by Gasteiger charge is -2.11. The van der Waals surface area contributed by atoms with Crippen molar-refractivity contribution in [1.82, 2.24) is 4.72 Å². The molecule has 3 N–H and O–H groups in total. The van der Waals surface area contributed by atoms with Crippen LogP contribution in [0.4, 0.5) is 0 Å². The molecule has 18 heavy (non-hydrogen) atoms. The molecule has 0 amide bonds. The Morgan fingerprint density at radius 2 is 2.22 bits per heavy atom. The second kappa shape index (κ2) is 6.33. The summed E-state index contributed by atoms with van der Waals surface area (Å²) in [5, 5.41) is 0. The van der Waals surface area contributed by atoms with Crippen molar-refractivity contribution in [1.29, 1.82) is 0 Å². The van der Waals surface area contributed by atoms with Crippen molar-refractivity contribution in [2.24, 2.45) is 11.7 Å². The molecule has 0 spiro atoms. The highest BCUT2D eigenvalue weighted by Crippen LogP contribution is 2.19. The Labute approximate surface area is 108 Å². The molecule has 1 rings (SSSR count). The van der Waals surface area contributed by atoms with E-state index in [1.54, 1.807) is 14.0 Å². The van der Waals surface area contributed by atoms with E-state index in [9.17, 15) is 8.42 Å². The third-order valence-corrected chi connectivity index (χ3v) is 4.02. The van der Waals surface area contributed by atoms with Crippen LogP contribution in [0.5, 0.6) is 0 Å². The number of methoxy groups -OCH3 is 1. The smallest absolute Gasteiger partial charge is 0.244 e. The number of rotatable bonds is 7. The molecule has 0 radical (unpaired) electrons. The molecule has 0 saturated carbocycles. The topological polar surface area (TPSA) is 94.6 Å². The summed E-state index contributed by atoms with van der Waals surface area (Å²) < 4.78 is 36.8. The fourth-order valence-electron chi connectivity index (χ4n) is 1.56. The van der Waals surface area contributed by atoms with Crippen LogP contribution in [0.25, 0.3) is 0 Å². The van der Waals surface area contributed by atoms with Crippen LogP contribution in [0.2, 0.25) is 0 Å². The zero-order chi connectivity index (χ0) is 13.8. The molecular weight excluding hydrogens is 256 g/mol. The predicted molar refractivity (Wildman–Crippen MR) is 67.6 cm³/mol. The Hall–Kier alpha value is -0.890. The monoisotopic (exact) mass is 276 g/mol. The molecule has 7 heteroatoms. The zero-order valence-electron chi connectivity index (χ0n) is 10.9. The minimum atomic E-state index is -3.55. The van der Waals surface area contributed by atoms with Gasteiger partial charge in [0.1, 0.15) is 16.4 Å². The van der Waals surface area contributed by atoms with Gasteiger partial charge in [-0.05, 0) is 12.8 Å². The van der Waals surface area contributed by atoms with Crippen LogP contribution in [-0.2, 0) is 21.3 Å². The van der Waals surface area contributed by atoms with Crippen molar-refractivity contribution in [2.45, 2.75) is 25.3 Å². The molecule has 0 bridgehead atoms. The predicted octanol–water partition coefficient (Wildman–Crippen LogP) is 0.608. The fraction of sp³-hybridized carbons (Fsp3) is 0.636. The van der Waals surface area contributed by atoms with Gasteiger partial charge in [0.05, 0.1) is 6.54 Å². The van der Waals surface area contributed by atoms with Crippen molar-refractivity contribution in [2.75, 3.05) is 20.3 Å². The Bertz CT molecular complexity index is 481. The van der Waals surface area contributed by atoms with E-state index in [0.717, 1.165) is 0 Å². The highest BCUT2D eigenvalue weighted by molar-refractivity contribution is 7.89. The Morgan fingerprint density at radius 1 is 1.56 bits per heavy atom. The highest BCUT2D eigenvalue weighted by atomic mass is 32.2. The summed E-state index contributed by atoms with van der Waals surface area (Å²) in [6.45, 7) is 4.50. The quantitative estimate of drug-likeness (QED) is 0.760. The van der Waals surface area contributed by atoms with Crippen molar-refractivity contribution >= 4 is 10.0 Å². The third kappa shape index (κ3) is 3.81. The van der Waals surface area contributed by atoms with Gasteiger partial charge in [-0.3, -0.25) is 0 Å². The van der Waals surface area contributed by atoms with E-state index in [0.29, 0.717) is 24.7 Å². The molecule has 0 fully saturated rings. The average Bonchev–Trinajstić information content (AvgIpc) is 2.69. The third-order valence-electron chi connectivity index (χ3n) is 2.49. The Kier molecular flexibility index (Phi) is 5.33. The highest BCUT2D eigenvalue weighted by Gasteiger charge is 2.21. The maximum Gasteiger partial charge on any atom is 0.244 e. The van der Waals surface area contributed by atoms with Gasteiger partial charge in [0, 0.05) is 26.3 Å². The molecule has 1 unspecified atom stereocenters. The second-order valence-electron chi connectivity index (χ2n) is 4.25. The molecule has 0 aromatic carbocycles. The molecule has 0 aliphatic heterocycles. The molecular formula is C11H20N2O4S. The summed E-state index contributed by atoms with van der Waals surface area (Å²) in [5.74, 6) is 0.908. The number of furan rings is 1. The molecule has 0 aliphatic carbocycles. The van der Waals surface area contributed by atoms with Gasteiger partial charge in [-0.15, -0.1) is 0 Å². The number of ether oxygens (including phenoxy) is 1. The number of hydrogen-bond acceptors (Lipinski definition) is 5. The largest absolute Gasteiger partial charge is 0.464 e. The van der Waals surface area contributed by atoms with E-state index in [-0.39, 0.29) is 17.4 Å². The molecule has 104 valence electrons. The maximum absolute atomic E-state index is 12.0. The van der Waals surface area contributed by atoms with Gasteiger partial charge in [0.2, 0.25) is 10.0 Å².